The molecular formula is C15H20FN3. The van der Waals surface area contributed by atoms with E-state index in [2.05, 4.69) is 31.1 Å². The highest BCUT2D eigenvalue weighted by Gasteiger charge is 2.10. The number of hydrogen-bond acceptors (Lipinski definition) is 2. The predicted octanol–water partition coefficient (Wildman–Crippen LogP) is 2.96. The zero-order valence-corrected chi connectivity index (χ0v) is 11.7. The highest BCUT2D eigenvalue weighted by atomic mass is 19.1. The van der Waals surface area contributed by atoms with Gasteiger partial charge < -0.3 is 9.88 Å². The lowest BCUT2D eigenvalue weighted by Gasteiger charge is -2.20. The van der Waals surface area contributed by atoms with Gasteiger partial charge in [-0.1, -0.05) is 6.07 Å². The molecule has 4 heteroatoms. The quantitative estimate of drug-likeness (QED) is 0.917. The molecule has 0 aliphatic carbocycles. The first-order chi connectivity index (χ1) is 8.94. The molecule has 0 saturated carbocycles. The summed E-state index contributed by atoms with van der Waals surface area (Å²) >= 11 is 0. The number of hydrogen-bond donors (Lipinski definition) is 1. The van der Waals surface area contributed by atoms with Crippen LogP contribution in [0.3, 0.4) is 0 Å². The first-order valence-electron chi connectivity index (χ1n) is 6.42. The van der Waals surface area contributed by atoms with Crippen LogP contribution >= 0.6 is 0 Å². The summed E-state index contributed by atoms with van der Waals surface area (Å²) in [5, 5.41) is 3.40. The van der Waals surface area contributed by atoms with Gasteiger partial charge in [-0.3, -0.25) is 0 Å². The van der Waals surface area contributed by atoms with Crippen LogP contribution in [0.2, 0.25) is 0 Å². The topological polar surface area (TPSA) is 29.9 Å². The van der Waals surface area contributed by atoms with Crippen LogP contribution in [0.4, 0.5) is 4.39 Å². The summed E-state index contributed by atoms with van der Waals surface area (Å²) in [4.78, 5) is 3.97. The van der Waals surface area contributed by atoms with Crippen LogP contribution in [-0.2, 0) is 13.1 Å². The minimum absolute atomic E-state index is 0.0545. The van der Waals surface area contributed by atoms with Gasteiger partial charge in [0.1, 0.15) is 5.82 Å². The number of benzene rings is 1. The Morgan fingerprint density at radius 2 is 2.11 bits per heavy atom. The van der Waals surface area contributed by atoms with Gasteiger partial charge in [-0.15, -0.1) is 0 Å². The van der Waals surface area contributed by atoms with E-state index < -0.39 is 0 Å². The number of nitrogens with one attached hydrogen (secondary N) is 1. The van der Waals surface area contributed by atoms with Crippen LogP contribution in [0.25, 0.3) is 0 Å². The molecule has 3 nitrogen and oxygen atoms in total. The summed E-state index contributed by atoms with van der Waals surface area (Å²) in [5.41, 5.74) is 1.83. The number of rotatable bonds is 4. The van der Waals surface area contributed by atoms with Crippen molar-refractivity contribution in [1.29, 1.82) is 0 Å². The number of nitrogens with zero attached hydrogens (tertiary/aromatic N) is 2. The fourth-order valence-electron chi connectivity index (χ4n) is 1.80. The molecule has 0 aliphatic rings. The summed E-state index contributed by atoms with van der Waals surface area (Å²) in [7, 11) is 0. The Morgan fingerprint density at radius 3 is 2.74 bits per heavy atom. The zero-order valence-electron chi connectivity index (χ0n) is 11.7. The van der Waals surface area contributed by atoms with E-state index in [0.717, 1.165) is 12.1 Å². The maximum atomic E-state index is 13.8. The Balaban J connectivity index is 2.11. The second-order valence-corrected chi connectivity index (χ2v) is 5.76. The normalized spacial score (nSPS) is 11.8. The third kappa shape index (κ3) is 4.17. The Bertz CT molecular complexity index is 527. The lowest BCUT2D eigenvalue weighted by atomic mass is 10.1. The summed E-state index contributed by atoms with van der Waals surface area (Å²) in [5.74, 6) is -0.173. The summed E-state index contributed by atoms with van der Waals surface area (Å²) < 4.78 is 15.6. The zero-order chi connectivity index (χ0) is 13.9. The van der Waals surface area contributed by atoms with Gasteiger partial charge in [0.15, 0.2) is 0 Å². The van der Waals surface area contributed by atoms with Crippen molar-refractivity contribution >= 4 is 0 Å². The summed E-state index contributed by atoms with van der Waals surface area (Å²) in [6, 6.07) is 5.27. The maximum absolute atomic E-state index is 13.8. The van der Waals surface area contributed by atoms with Crippen molar-refractivity contribution in [2.45, 2.75) is 39.4 Å². The Kier molecular flexibility index (Phi) is 4.00. The Labute approximate surface area is 113 Å². The standard InChI is InChI=1S/C15H20FN3/c1-15(2,3)18-9-12-4-5-14(16)13(8-12)10-19-7-6-17-11-19/h4-8,11,18H,9-10H2,1-3H3. The van der Waals surface area contributed by atoms with Gasteiger partial charge in [-0.05, 0) is 38.5 Å². The minimum Gasteiger partial charge on any atom is -0.333 e. The second-order valence-electron chi connectivity index (χ2n) is 5.76. The third-order valence-electron chi connectivity index (χ3n) is 2.85. The number of halogens is 1. The first-order valence-corrected chi connectivity index (χ1v) is 6.42. The molecule has 1 aromatic heterocycles. The van der Waals surface area contributed by atoms with E-state index in [0.29, 0.717) is 12.1 Å². The van der Waals surface area contributed by atoms with Crippen LogP contribution in [-0.4, -0.2) is 15.1 Å². The van der Waals surface area contributed by atoms with Gasteiger partial charge in [-0.2, -0.15) is 0 Å². The van der Waals surface area contributed by atoms with Crippen LogP contribution in [0.1, 0.15) is 31.9 Å². The van der Waals surface area contributed by atoms with Crippen molar-refractivity contribution in [2.24, 2.45) is 0 Å². The summed E-state index contributed by atoms with van der Waals surface area (Å²) in [6.45, 7) is 7.59. The van der Waals surface area contributed by atoms with E-state index in [1.54, 1.807) is 12.5 Å². The van der Waals surface area contributed by atoms with E-state index in [1.807, 2.05) is 22.9 Å². The number of aromatic nitrogens is 2. The molecule has 1 heterocycles. The second kappa shape index (κ2) is 5.53. The van der Waals surface area contributed by atoms with Crippen molar-refractivity contribution in [1.82, 2.24) is 14.9 Å². The average Bonchev–Trinajstić information content (AvgIpc) is 2.82. The minimum atomic E-state index is -0.173. The molecule has 19 heavy (non-hydrogen) atoms. The van der Waals surface area contributed by atoms with Gasteiger partial charge in [0.2, 0.25) is 0 Å². The van der Waals surface area contributed by atoms with Crippen LogP contribution < -0.4 is 5.32 Å². The van der Waals surface area contributed by atoms with E-state index in [4.69, 9.17) is 0 Å². The molecule has 0 amide bonds. The summed E-state index contributed by atoms with van der Waals surface area (Å²) in [6.07, 6.45) is 5.22. The molecule has 0 saturated heterocycles. The Morgan fingerprint density at radius 1 is 1.32 bits per heavy atom. The van der Waals surface area contributed by atoms with Gasteiger partial charge in [0, 0.05) is 30.0 Å². The molecule has 102 valence electrons. The van der Waals surface area contributed by atoms with Crippen LogP contribution in [0, 0.1) is 5.82 Å². The molecule has 0 bridgehead atoms. The SMILES string of the molecule is CC(C)(C)NCc1ccc(F)c(Cn2ccnc2)c1. The smallest absolute Gasteiger partial charge is 0.128 e. The highest BCUT2D eigenvalue weighted by molar-refractivity contribution is 5.25. The molecule has 0 fully saturated rings. The molecule has 0 radical (unpaired) electrons. The van der Waals surface area contributed by atoms with Gasteiger partial charge in [0.05, 0.1) is 12.9 Å². The lowest BCUT2D eigenvalue weighted by molar-refractivity contribution is 0.424. The van der Waals surface area contributed by atoms with Crippen LogP contribution in [0.5, 0.6) is 0 Å². The maximum Gasteiger partial charge on any atom is 0.128 e. The molecule has 0 unspecified atom stereocenters. The lowest BCUT2D eigenvalue weighted by Crippen LogP contribution is -2.35. The largest absolute Gasteiger partial charge is 0.333 e. The molecule has 0 atom stereocenters. The van der Waals surface area contributed by atoms with Crippen molar-refractivity contribution in [3.8, 4) is 0 Å². The van der Waals surface area contributed by atoms with Crippen molar-refractivity contribution in [3.05, 3.63) is 53.9 Å². The fourth-order valence-corrected chi connectivity index (χ4v) is 1.80. The van der Waals surface area contributed by atoms with E-state index >= 15 is 0 Å². The van der Waals surface area contributed by atoms with Gasteiger partial charge >= 0.3 is 0 Å². The van der Waals surface area contributed by atoms with Crippen molar-refractivity contribution < 1.29 is 4.39 Å². The monoisotopic (exact) mass is 261 g/mol. The fraction of sp³-hybridized carbons (Fsp3) is 0.400. The highest BCUT2D eigenvalue weighted by Crippen LogP contribution is 2.13. The van der Waals surface area contributed by atoms with E-state index in [-0.39, 0.29) is 11.4 Å². The van der Waals surface area contributed by atoms with Crippen molar-refractivity contribution in [3.63, 3.8) is 0 Å². The molecule has 0 spiro atoms. The van der Waals surface area contributed by atoms with Gasteiger partial charge in [-0.25, -0.2) is 9.37 Å². The molecule has 0 aliphatic heterocycles. The number of imidazole rings is 1. The molecule has 1 N–H and O–H groups in total. The Hall–Kier alpha value is -1.68. The van der Waals surface area contributed by atoms with E-state index in [1.165, 1.54) is 6.07 Å². The van der Waals surface area contributed by atoms with Crippen molar-refractivity contribution in [2.75, 3.05) is 0 Å². The van der Waals surface area contributed by atoms with Gasteiger partial charge in [0.25, 0.3) is 0 Å². The molecule has 2 rings (SSSR count). The predicted molar refractivity (Wildman–Crippen MR) is 74.3 cm³/mol. The molecule has 2 aromatic rings. The van der Waals surface area contributed by atoms with E-state index in [9.17, 15) is 4.39 Å². The van der Waals surface area contributed by atoms with Crippen LogP contribution in [0.15, 0.2) is 36.9 Å². The average molecular weight is 261 g/mol. The third-order valence-corrected chi connectivity index (χ3v) is 2.85. The first kappa shape index (κ1) is 13.7. The molecular weight excluding hydrogens is 241 g/mol. The molecule has 1 aromatic carbocycles.